The number of amides is 2. The molecule has 1 fully saturated rings. The molecule has 1 aliphatic heterocycles. The van der Waals surface area contributed by atoms with Gasteiger partial charge in [0.15, 0.2) is 0 Å². The normalized spacial score (nSPS) is 15.3. The highest BCUT2D eigenvalue weighted by molar-refractivity contribution is 5.74. The van der Waals surface area contributed by atoms with Gasteiger partial charge in [0.25, 0.3) is 0 Å². The lowest BCUT2D eigenvalue weighted by molar-refractivity contribution is 0.144. The molecule has 0 radical (unpaired) electrons. The molecule has 0 aromatic heterocycles. The third-order valence-corrected chi connectivity index (χ3v) is 2.33. The Hall–Kier alpha value is -1.55. The van der Waals surface area contributed by atoms with E-state index >= 15 is 0 Å². The van der Waals surface area contributed by atoms with Gasteiger partial charge in [-0.3, -0.25) is 4.90 Å². The SMILES string of the molecule is O=C(NCc1ccccc1)N1CCOC1. The second-order valence-corrected chi connectivity index (χ2v) is 3.45. The van der Waals surface area contributed by atoms with Crippen LogP contribution in [0.3, 0.4) is 0 Å². The number of carbonyl (C=O) groups excluding carboxylic acids is 1. The molecule has 2 amide bonds. The van der Waals surface area contributed by atoms with E-state index in [0.717, 1.165) is 5.56 Å². The minimum atomic E-state index is -0.0589. The first-order valence-corrected chi connectivity index (χ1v) is 5.01. The molecule has 4 nitrogen and oxygen atoms in total. The highest BCUT2D eigenvalue weighted by atomic mass is 16.5. The minimum absolute atomic E-state index is 0.0589. The number of rotatable bonds is 2. The van der Waals surface area contributed by atoms with Gasteiger partial charge in [-0.05, 0) is 5.56 Å². The van der Waals surface area contributed by atoms with Gasteiger partial charge in [-0.1, -0.05) is 30.3 Å². The average Bonchev–Trinajstić information content (AvgIpc) is 2.81. The molecule has 4 heteroatoms. The maximum absolute atomic E-state index is 11.6. The number of benzene rings is 1. The average molecular weight is 206 g/mol. The van der Waals surface area contributed by atoms with Crippen molar-refractivity contribution >= 4 is 6.03 Å². The predicted molar refractivity (Wildman–Crippen MR) is 56.2 cm³/mol. The number of nitrogens with one attached hydrogen (secondary N) is 1. The highest BCUT2D eigenvalue weighted by Gasteiger charge is 2.17. The number of urea groups is 1. The van der Waals surface area contributed by atoms with E-state index in [1.165, 1.54) is 0 Å². The fraction of sp³-hybridized carbons (Fsp3) is 0.364. The molecular formula is C11H14N2O2. The molecule has 0 spiro atoms. The summed E-state index contributed by atoms with van der Waals surface area (Å²) < 4.78 is 5.10. The summed E-state index contributed by atoms with van der Waals surface area (Å²) in [6.07, 6.45) is 0. The van der Waals surface area contributed by atoms with Crippen molar-refractivity contribution in [2.75, 3.05) is 19.9 Å². The standard InChI is InChI=1S/C11H14N2O2/c14-11(13-6-7-15-9-13)12-8-10-4-2-1-3-5-10/h1-5H,6-9H2,(H,12,14). The molecule has 15 heavy (non-hydrogen) atoms. The van der Waals surface area contributed by atoms with Gasteiger partial charge in [-0.25, -0.2) is 4.79 Å². The van der Waals surface area contributed by atoms with Crippen LogP contribution in [0.15, 0.2) is 30.3 Å². The van der Waals surface area contributed by atoms with Crippen molar-refractivity contribution in [2.45, 2.75) is 6.54 Å². The van der Waals surface area contributed by atoms with Crippen LogP contribution in [0.1, 0.15) is 5.56 Å². The molecule has 0 unspecified atom stereocenters. The van der Waals surface area contributed by atoms with Gasteiger partial charge in [0.05, 0.1) is 6.61 Å². The van der Waals surface area contributed by atoms with Crippen LogP contribution in [0, 0.1) is 0 Å². The lowest BCUT2D eigenvalue weighted by atomic mass is 10.2. The summed E-state index contributed by atoms with van der Waals surface area (Å²) in [6.45, 7) is 2.29. The highest BCUT2D eigenvalue weighted by Crippen LogP contribution is 2.01. The molecule has 1 aromatic rings. The molecule has 2 rings (SSSR count). The fourth-order valence-electron chi connectivity index (χ4n) is 1.46. The second-order valence-electron chi connectivity index (χ2n) is 3.45. The van der Waals surface area contributed by atoms with Crippen LogP contribution in [0.25, 0.3) is 0 Å². The summed E-state index contributed by atoms with van der Waals surface area (Å²) in [6, 6.07) is 9.79. The van der Waals surface area contributed by atoms with Gasteiger partial charge in [0, 0.05) is 13.1 Å². The van der Waals surface area contributed by atoms with Crippen LogP contribution in [0.5, 0.6) is 0 Å². The molecule has 1 aliphatic rings. The van der Waals surface area contributed by atoms with Gasteiger partial charge >= 0.3 is 6.03 Å². The largest absolute Gasteiger partial charge is 0.359 e. The summed E-state index contributed by atoms with van der Waals surface area (Å²) in [5.74, 6) is 0. The Kier molecular flexibility index (Phi) is 3.19. The molecule has 1 aromatic carbocycles. The van der Waals surface area contributed by atoms with Crippen molar-refractivity contribution in [3.63, 3.8) is 0 Å². The zero-order chi connectivity index (χ0) is 10.5. The van der Waals surface area contributed by atoms with Crippen LogP contribution in [0.4, 0.5) is 4.79 Å². The molecule has 0 aliphatic carbocycles. The molecule has 80 valence electrons. The van der Waals surface area contributed by atoms with Crippen molar-refractivity contribution in [1.82, 2.24) is 10.2 Å². The van der Waals surface area contributed by atoms with E-state index in [-0.39, 0.29) is 6.03 Å². The second kappa shape index (κ2) is 4.79. The van der Waals surface area contributed by atoms with Gasteiger partial charge < -0.3 is 10.1 Å². The Morgan fingerprint density at radius 3 is 2.87 bits per heavy atom. The van der Waals surface area contributed by atoms with Gasteiger partial charge in [0.2, 0.25) is 0 Å². The first kappa shape index (κ1) is 9.98. The van der Waals surface area contributed by atoms with E-state index in [4.69, 9.17) is 4.74 Å². The summed E-state index contributed by atoms with van der Waals surface area (Å²) in [4.78, 5) is 13.2. The molecule has 0 saturated carbocycles. The van der Waals surface area contributed by atoms with Crippen LogP contribution in [-0.2, 0) is 11.3 Å². The predicted octanol–water partition coefficient (Wildman–Crippen LogP) is 1.19. The Labute approximate surface area is 88.8 Å². The number of hydrogen-bond donors (Lipinski definition) is 1. The summed E-state index contributed by atoms with van der Waals surface area (Å²) in [7, 11) is 0. The Morgan fingerprint density at radius 1 is 1.40 bits per heavy atom. The monoisotopic (exact) mass is 206 g/mol. The third kappa shape index (κ3) is 2.70. The molecule has 0 atom stereocenters. The van der Waals surface area contributed by atoms with Gasteiger partial charge in [-0.2, -0.15) is 0 Å². The first-order chi connectivity index (χ1) is 7.36. The van der Waals surface area contributed by atoms with E-state index < -0.39 is 0 Å². The lowest BCUT2D eigenvalue weighted by Crippen LogP contribution is -2.37. The molecule has 0 bridgehead atoms. The van der Waals surface area contributed by atoms with Crippen molar-refractivity contribution < 1.29 is 9.53 Å². The Morgan fingerprint density at radius 2 is 2.20 bits per heavy atom. The van der Waals surface area contributed by atoms with Crippen LogP contribution in [-0.4, -0.2) is 30.8 Å². The fourth-order valence-corrected chi connectivity index (χ4v) is 1.46. The summed E-state index contributed by atoms with van der Waals surface area (Å²) in [5.41, 5.74) is 1.10. The van der Waals surface area contributed by atoms with Crippen LogP contribution < -0.4 is 5.32 Å². The maximum Gasteiger partial charge on any atom is 0.319 e. The number of nitrogens with zero attached hydrogens (tertiary/aromatic N) is 1. The first-order valence-electron chi connectivity index (χ1n) is 5.01. The van der Waals surface area contributed by atoms with Gasteiger partial charge in [-0.15, -0.1) is 0 Å². The molecular weight excluding hydrogens is 192 g/mol. The van der Waals surface area contributed by atoms with Crippen molar-refractivity contribution in [2.24, 2.45) is 0 Å². The number of hydrogen-bond acceptors (Lipinski definition) is 2. The van der Waals surface area contributed by atoms with Crippen molar-refractivity contribution in [3.05, 3.63) is 35.9 Å². The van der Waals surface area contributed by atoms with Crippen LogP contribution in [0.2, 0.25) is 0 Å². The third-order valence-electron chi connectivity index (χ3n) is 2.33. The lowest BCUT2D eigenvalue weighted by Gasteiger charge is -2.14. The quantitative estimate of drug-likeness (QED) is 0.789. The van der Waals surface area contributed by atoms with E-state index in [0.29, 0.717) is 26.4 Å². The topological polar surface area (TPSA) is 41.6 Å². The smallest absolute Gasteiger partial charge is 0.319 e. The van der Waals surface area contributed by atoms with Crippen molar-refractivity contribution in [1.29, 1.82) is 0 Å². The number of carbonyl (C=O) groups is 1. The van der Waals surface area contributed by atoms with E-state index in [9.17, 15) is 4.79 Å². The maximum atomic E-state index is 11.6. The molecule has 1 heterocycles. The zero-order valence-corrected chi connectivity index (χ0v) is 8.48. The van der Waals surface area contributed by atoms with Crippen molar-refractivity contribution in [3.8, 4) is 0 Å². The van der Waals surface area contributed by atoms with E-state index in [1.807, 2.05) is 30.3 Å². The van der Waals surface area contributed by atoms with E-state index in [2.05, 4.69) is 5.32 Å². The molecule has 1 saturated heterocycles. The molecule has 1 N–H and O–H groups in total. The van der Waals surface area contributed by atoms with Crippen LogP contribution >= 0.6 is 0 Å². The minimum Gasteiger partial charge on any atom is -0.359 e. The van der Waals surface area contributed by atoms with E-state index in [1.54, 1.807) is 4.90 Å². The Balaban J connectivity index is 1.80. The summed E-state index contributed by atoms with van der Waals surface area (Å²) >= 11 is 0. The Bertz CT molecular complexity index is 321. The number of ether oxygens (including phenoxy) is 1. The zero-order valence-electron chi connectivity index (χ0n) is 8.48. The van der Waals surface area contributed by atoms with Gasteiger partial charge in [0.1, 0.15) is 6.73 Å². The summed E-state index contributed by atoms with van der Waals surface area (Å²) in [5, 5.41) is 2.85.